The molecule has 0 saturated heterocycles. The molecule has 1 unspecified atom stereocenters. The van der Waals surface area contributed by atoms with Crippen LogP contribution < -0.4 is 19.9 Å². The second kappa shape index (κ2) is 3.98. The fraction of sp³-hybridized carbons (Fsp3) is 0.455. The van der Waals surface area contributed by atoms with Crippen molar-refractivity contribution in [3.63, 3.8) is 0 Å². The van der Waals surface area contributed by atoms with Gasteiger partial charge in [-0.05, 0) is 12.1 Å². The number of fused-ring (bicyclic) bond motifs is 1. The molecule has 0 fully saturated rings. The molecule has 4 nitrogen and oxygen atoms in total. The summed E-state index contributed by atoms with van der Waals surface area (Å²) in [6.07, 6.45) is 0.802. The number of hydrogen-bond donors (Lipinski definition) is 1. The molecule has 0 radical (unpaired) electrons. The van der Waals surface area contributed by atoms with Gasteiger partial charge in [-0.1, -0.05) is 0 Å². The first-order valence-corrected chi connectivity index (χ1v) is 4.91. The highest BCUT2D eigenvalue weighted by Gasteiger charge is 2.25. The lowest BCUT2D eigenvalue weighted by Gasteiger charge is -2.26. The van der Waals surface area contributed by atoms with Crippen LogP contribution in [0.25, 0.3) is 0 Å². The minimum Gasteiger partial charge on any atom is -0.496 e. The van der Waals surface area contributed by atoms with Gasteiger partial charge in [0.05, 0.1) is 26.4 Å². The standard InChI is InChI=1S/C11H15NO3/c1-13-8-3-4-9(14-2)11-10(8)7(12)5-6-15-11/h3-4,7H,5-6,12H2,1-2H3. The predicted molar refractivity (Wildman–Crippen MR) is 56.6 cm³/mol. The van der Waals surface area contributed by atoms with Crippen LogP contribution in [0, 0.1) is 0 Å². The average molecular weight is 209 g/mol. The lowest BCUT2D eigenvalue weighted by molar-refractivity contribution is 0.247. The Labute approximate surface area is 88.9 Å². The summed E-state index contributed by atoms with van der Waals surface area (Å²) in [6.45, 7) is 0.623. The Kier molecular flexibility index (Phi) is 2.68. The van der Waals surface area contributed by atoms with E-state index in [9.17, 15) is 0 Å². The van der Waals surface area contributed by atoms with Crippen LogP contribution in [0.1, 0.15) is 18.0 Å². The summed E-state index contributed by atoms with van der Waals surface area (Å²) in [5.74, 6) is 2.19. The second-order valence-corrected chi connectivity index (χ2v) is 3.46. The molecule has 1 aromatic carbocycles. The van der Waals surface area contributed by atoms with Gasteiger partial charge in [-0.3, -0.25) is 0 Å². The Morgan fingerprint density at radius 1 is 1.27 bits per heavy atom. The summed E-state index contributed by atoms with van der Waals surface area (Å²) in [4.78, 5) is 0. The molecular weight excluding hydrogens is 194 g/mol. The molecule has 1 aromatic rings. The molecule has 1 aliphatic rings. The number of benzene rings is 1. The lowest BCUT2D eigenvalue weighted by Crippen LogP contribution is -2.21. The molecule has 0 saturated carbocycles. The topological polar surface area (TPSA) is 53.7 Å². The lowest BCUT2D eigenvalue weighted by atomic mass is 10.00. The van der Waals surface area contributed by atoms with Crippen molar-refractivity contribution >= 4 is 0 Å². The zero-order valence-electron chi connectivity index (χ0n) is 8.95. The number of methoxy groups -OCH3 is 2. The third-order valence-corrected chi connectivity index (χ3v) is 2.61. The molecule has 0 aliphatic carbocycles. The van der Waals surface area contributed by atoms with Crippen LogP contribution in [0.3, 0.4) is 0 Å². The third-order valence-electron chi connectivity index (χ3n) is 2.61. The van der Waals surface area contributed by atoms with E-state index in [0.717, 1.165) is 23.5 Å². The SMILES string of the molecule is COc1ccc(OC)c2c1OCCC2N. The number of nitrogens with two attached hydrogens (primary N) is 1. The van der Waals surface area contributed by atoms with E-state index in [0.29, 0.717) is 12.4 Å². The van der Waals surface area contributed by atoms with Crippen LogP contribution in [0.2, 0.25) is 0 Å². The Hall–Kier alpha value is -1.42. The normalized spacial score (nSPS) is 19.0. The van der Waals surface area contributed by atoms with E-state index in [1.165, 1.54) is 0 Å². The van der Waals surface area contributed by atoms with Crippen LogP contribution in [0.4, 0.5) is 0 Å². The predicted octanol–water partition coefficient (Wildman–Crippen LogP) is 1.49. The first kappa shape index (κ1) is 10.1. The molecule has 0 amide bonds. The minimum absolute atomic E-state index is 0.0428. The van der Waals surface area contributed by atoms with Gasteiger partial charge in [-0.25, -0.2) is 0 Å². The van der Waals surface area contributed by atoms with Crippen LogP contribution in [0.15, 0.2) is 12.1 Å². The summed E-state index contributed by atoms with van der Waals surface area (Å²) in [7, 11) is 3.25. The van der Waals surface area contributed by atoms with Crippen molar-refractivity contribution in [2.45, 2.75) is 12.5 Å². The maximum Gasteiger partial charge on any atom is 0.169 e. The van der Waals surface area contributed by atoms with E-state index < -0.39 is 0 Å². The molecule has 4 heteroatoms. The Morgan fingerprint density at radius 2 is 1.93 bits per heavy atom. The van der Waals surface area contributed by atoms with Crippen molar-refractivity contribution in [1.82, 2.24) is 0 Å². The van der Waals surface area contributed by atoms with E-state index >= 15 is 0 Å². The van der Waals surface area contributed by atoms with Crippen LogP contribution in [0.5, 0.6) is 17.2 Å². The Morgan fingerprint density at radius 3 is 2.60 bits per heavy atom. The molecule has 0 spiro atoms. The molecule has 1 aliphatic heterocycles. The Bertz CT molecular complexity index is 365. The zero-order chi connectivity index (χ0) is 10.8. The summed E-state index contributed by atoms with van der Waals surface area (Å²) in [6, 6.07) is 3.64. The van der Waals surface area contributed by atoms with Crippen molar-refractivity contribution < 1.29 is 14.2 Å². The fourth-order valence-electron chi connectivity index (χ4n) is 1.83. The van der Waals surface area contributed by atoms with Crippen LogP contribution in [-0.2, 0) is 0 Å². The first-order valence-electron chi connectivity index (χ1n) is 4.91. The van der Waals surface area contributed by atoms with Crippen molar-refractivity contribution in [2.75, 3.05) is 20.8 Å². The molecule has 15 heavy (non-hydrogen) atoms. The highest BCUT2D eigenvalue weighted by atomic mass is 16.5. The van der Waals surface area contributed by atoms with Crippen molar-refractivity contribution in [3.8, 4) is 17.2 Å². The highest BCUT2D eigenvalue weighted by molar-refractivity contribution is 5.56. The van der Waals surface area contributed by atoms with E-state index in [1.54, 1.807) is 14.2 Å². The molecule has 2 N–H and O–H groups in total. The summed E-state index contributed by atoms with van der Waals surface area (Å²) in [5.41, 5.74) is 6.94. The third kappa shape index (κ3) is 1.61. The zero-order valence-corrected chi connectivity index (χ0v) is 8.95. The maximum atomic E-state index is 6.03. The van der Waals surface area contributed by atoms with E-state index in [4.69, 9.17) is 19.9 Å². The van der Waals surface area contributed by atoms with E-state index in [2.05, 4.69) is 0 Å². The molecule has 0 aromatic heterocycles. The van der Waals surface area contributed by atoms with Crippen molar-refractivity contribution in [3.05, 3.63) is 17.7 Å². The van der Waals surface area contributed by atoms with Gasteiger partial charge in [0.2, 0.25) is 0 Å². The van der Waals surface area contributed by atoms with Gasteiger partial charge in [0.1, 0.15) is 5.75 Å². The summed E-state index contributed by atoms with van der Waals surface area (Å²) in [5, 5.41) is 0. The monoisotopic (exact) mass is 209 g/mol. The molecular formula is C11H15NO3. The number of ether oxygens (including phenoxy) is 3. The summed E-state index contributed by atoms with van der Waals surface area (Å²) >= 11 is 0. The Balaban J connectivity index is 2.56. The van der Waals surface area contributed by atoms with Gasteiger partial charge in [0.15, 0.2) is 11.5 Å². The average Bonchev–Trinajstić information content (AvgIpc) is 2.28. The maximum absolute atomic E-state index is 6.03. The minimum atomic E-state index is -0.0428. The van der Waals surface area contributed by atoms with Gasteiger partial charge in [-0.15, -0.1) is 0 Å². The number of hydrogen-bond acceptors (Lipinski definition) is 4. The van der Waals surface area contributed by atoms with Gasteiger partial charge in [0, 0.05) is 12.5 Å². The van der Waals surface area contributed by atoms with Gasteiger partial charge >= 0.3 is 0 Å². The fourth-order valence-corrected chi connectivity index (χ4v) is 1.83. The van der Waals surface area contributed by atoms with Crippen molar-refractivity contribution in [1.29, 1.82) is 0 Å². The van der Waals surface area contributed by atoms with Gasteiger partial charge < -0.3 is 19.9 Å². The molecule has 1 atom stereocenters. The highest BCUT2D eigenvalue weighted by Crippen LogP contribution is 2.43. The van der Waals surface area contributed by atoms with Gasteiger partial charge in [-0.2, -0.15) is 0 Å². The molecule has 0 bridgehead atoms. The van der Waals surface area contributed by atoms with E-state index in [1.807, 2.05) is 12.1 Å². The molecule has 1 heterocycles. The van der Waals surface area contributed by atoms with Crippen LogP contribution in [-0.4, -0.2) is 20.8 Å². The quantitative estimate of drug-likeness (QED) is 0.801. The summed E-state index contributed by atoms with van der Waals surface area (Å²) < 4.78 is 16.1. The smallest absolute Gasteiger partial charge is 0.169 e. The van der Waals surface area contributed by atoms with E-state index in [-0.39, 0.29) is 6.04 Å². The van der Waals surface area contributed by atoms with Crippen molar-refractivity contribution in [2.24, 2.45) is 5.73 Å². The molecule has 2 rings (SSSR count). The van der Waals surface area contributed by atoms with Gasteiger partial charge in [0.25, 0.3) is 0 Å². The first-order chi connectivity index (χ1) is 7.27. The molecule has 82 valence electrons. The van der Waals surface area contributed by atoms with Crippen LogP contribution >= 0.6 is 0 Å². The largest absolute Gasteiger partial charge is 0.496 e. The number of rotatable bonds is 2. The second-order valence-electron chi connectivity index (χ2n) is 3.46.